The summed E-state index contributed by atoms with van der Waals surface area (Å²) in [6, 6.07) is 7.01. The lowest BCUT2D eigenvalue weighted by Crippen LogP contribution is -2.03. The molecule has 0 unspecified atom stereocenters. The molecule has 0 saturated heterocycles. The number of carbonyl (C=O) groups is 2. The van der Waals surface area contributed by atoms with Gasteiger partial charge in [-0.3, -0.25) is 4.79 Å². The highest BCUT2D eigenvalue weighted by Gasteiger charge is 2.11. The van der Waals surface area contributed by atoms with E-state index in [1.807, 2.05) is 6.07 Å². The van der Waals surface area contributed by atoms with Gasteiger partial charge in [0.05, 0.1) is 18.8 Å². The van der Waals surface area contributed by atoms with Crippen LogP contribution in [0.4, 0.5) is 0 Å². The lowest BCUT2D eigenvalue weighted by Gasteiger charge is -1.98. The fourth-order valence-corrected chi connectivity index (χ4v) is 2.11. The molecule has 0 amide bonds. The molecule has 0 radical (unpaired) electrons. The van der Waals surface area contributed by atoms with Gasteiger partial charge in [0, 0.05) is 21.9 Å². The van der Waals surface area contributed by atoms with Crippen LogP contribution in [-0.4, -0.2) is 29.3 Å². The summed E-state index contributed by atoms with van der Waals surface area (Å²) >= 11 is 0. The van der Waals surface area contributed by atoms with E-state index in [-0.39, 0.29) is 5.69 Å². The zero-order chi connectivity index (χ0) is 13.4. The molecule has 0 aliphatic rings. The first-order chi connectivity index (χ1) is 9.22. The summed E-state index contributed by atoms with van der Waals surface area (Å²) in [4.78, 5) is 29.5. The Balaban J connectivity index is 2.32. The van der Waals surface area contributed by atoms with E-state index >= 15 is 0 Å². The van der Waals surface area contributed by atoms with E-state index < -0.39 is 5.97 Å². The Hall–Kier alpha value is -2.69. The fraction of sp³-hybridized carbons (Fsp3) is 0.0714. The molecule has 94 valence electrons. The van der Waals surface area contributed by atoms with Gasteiger partial charge in [0.1, 0.15) is 12.0 Å². The minimum atomic E-state index is -0.484. The maximum Gasteiger partial charge on any atom is 0.356 e. The lowest BCUT2D eigenvalue weighted by molar-refractivity contribution is 0.0594. The molecule has 3 aromatic rings. The van der Waals surface area contributed by atoms with Crippen molar-refractivity contribution in [3.63, 3.8) is 0 Å². The highest BCUT2D eigenvalue weighted by Crippen LogP contribution is 2.26. The van der Waals surface area contributed by atoms with E-state index in [0.29, 0.717) is 5.56 Å². The first-order valence-electron chi connectivity index (χ1n) is 5.68. The van der Waals surface area contributed by atoms with Gasteiger partial charge in [-0.1, -0.05) is 0 Å². The third-order valence-electron chi connectivity index (χ3n) is 3.04. The molecule has 1 aromatic carbocycles. The van der Waals surface area contributed by atoms with Crippen molar-refractivity contribution in [3.05, 3.63) is 41.7 Å². The number of nitrogens with one attached hydrogen (secondary N) is 1. The van der Waals surface area contributed by atoms with Crippen molar-refractivity contribution in [1.29, 1.82) is 0 Å². The lowest BCUT2D eigenvalue weighted by atomic mass is 10.1. The first kappa shape index (κ1) is 11.4. The average molecular weight is 254 g/mol. The second kappa shape index (κ2) is 4.20. The van der Waals surface area contributed by atoms with Crippen LogP contribution in [0.25, 0.3) is 21.8 Å². The Labute approximate surface area is 108 Å². The summed E-state index contributed by atoms with van der Waals surface area (Å²) < 4.78 is 4.65. The van der Waals surface area contributed by atoms with E-state index in [1.54, 1.807) is 24.4 Å². The Kier molecular flexibility index (Phi) is 2.52. The molecule has 2 heterocycles. The zero-order valence-corrected chi connectivity index (χ0v) is 10.1. The second-order valence-corrected chi connectivity index (χ2v) is 4.15. The molecule has 0 spiro atoms. The van der Waals surface area contributed by atoms with Crippen LogP contribution in [0.2, 0.25) is 0 Å². The van der Waals surface area contributed by atoms with E-state index in [0.717, 1.165) is 28.1 Å². The third kappa shape index (κ3) is 1.76. The van der Waals surface area contributed by atoms with Crippen molar-refractivity contribution in [2.75, 3.05) is 7.11 Å². The summed E-state index contributed by atoms with van der Waals surface area (Å²) in [5, 5.41) is 1.72. The summed E-state index contributed by atoms with van der Waals surface area (Å²) in [6.07, 6.45) is 2.38. The van der Waals surface area contributed by atoms with Gasteiger partial charge in [-0.2, -0.15) is 0 Å². The highest BCUT2D eigenvalue weighted by molar-refractivity contribution is 6.09. The average Bonchev–Trinajstić information content (AvgIpc) is 2.83. The Morgan fingerprint density at radius 3 is 2.79 bits per heavy atom. The fourth-order valence-electron chi connectivity index (χ4n) is 2.11. The van der Waals surface area contributed by atoms with Crippen molar-refractivity contribution >= 4 is 34.1 Å². The minimum absolute atomic E-state index is 0.243. The zero-order valence-electron chi connectivity index (χ0n) is 10.1. The quantitative estimate of drug-likeness (QED) is 0.562. The molecule has 5 heteroatoms. The number of esters is 1. The van der Waals surface area contributed by atoms with Gasteiger partial charge in [0.2, 0.25) is 0 Å². The van der Waals surface area contributed by atoms with Crippen molar-refractivity contribution in [1.82, 2.24) is 9.97 Å². The Morgan fingerprint density at radius 2 is 2.05 bits per heavy atom. The van der Waals surface area contributed by atoms with E-state index in [4.69, 9.17) is 0 Å². The standard InChI is InChI=1S/C14H10N2O3/c1-19-14(18)12-5-10-9-4-8(7-17)2-3-11(9)16-13(10)6-15-12/h2-7,16H,1H3. The molecular weight excluding hydrogens is 244 g/mol. The maximum atomic E-state index is 11.5. The van der Waals surface area contributed by atoms with Crippen LogP contribution in [0.15, 0.2) is 30.5 Å². The van der Waals surface area contributed by atoms with E-state index in [1.165, 1.54) is 7.11 Å². The number of pyridine rings is 1. The van der Waals surface area contributed by atoms with Crippen molar-refractivity contribution in [2.24, 2.45) is 0 Å². The predicted molar refractivity (Wildman–Crippen MR) is 70.3 cm³/mol. The number of H-pyrrole nitrogens is 1. The van der Waals surface area contributed by atoms with Crippen molar-refractivity contribution < 1.29 is 14.3 Å². The first-order valence-corrected chi connectivity index (χ1v) is 5.68. The van der Waals surface area contributed by atoms with Crippen LogP contribution in [0, 0.1) is 0 Å². The summed E-state index contributed by atoms with van der Waals surface area (Å²) in [5.41, 5.74) is 2.53. The SMILES string of the molecule is COC(=O)c1cc2c(cn1)[nH]c1ccc(C=O)cc12. The summed E-state index contributed by atoms with van der Waals surface area (Å²) in [7, 11) is 1.31. The van der Waals surface area contributed by atoms with Gasteiger partial charge in [-0.15, -0.1) is 0 Å². The van der Waals surface area contributed by atoms with Crippen LogP contribution in [0.1, 0.15) is 20.8 Å². The molecule has 5 nitrogen and oxygen atoms in total. The summed E-state index contributed by atoms with van der Waals surface area (Å²) in [6.45, 7) is 0. The number of aldehydes is 1. The number of aromatic amines is 1. The molecule has 0 saturated carbocycles. The van der Waals surface area contributed by atoms with Crippen LogP contribution in [-0.2, 0) is 4.74 Å². The molecule has 0 bridgehead atoms. The van der Waals surface area contributed by atoms with E-state index in [9.17, 15) is 9.59 Å². The molecular formula is C14H10N2O3. The van der Waals surface area contributed by atoms with Crippen LogP contribution >= 0.6 is 0 Å². The van der Waals surface area contributed by atoms with Gasteiger partial charge < -0.3 is 9.72 Å². The number of fused-ring (bicyclic) bond motifs is 3. The topological polar surface area (TPSA) is 72.0 Å². The summed E-state index contributed by atoms with van der Waals surface area (Å²) in [5.74, 6) is -0.484. The van der Waals surface area contributed by atoms with Gasteiger partial charge in [0.25, 0.3) is 0 Å². The molecule has 2 aromatic heterocycles. The number of nitrogens with zero attached hydrogens (tertiary/aromatic N) is 1. The van der Waals surface area contributed by atoms with Gasteiger partial charge in [-0.05, 0) is 24.3 Å². The highest BCUT2D eigenvalue weighted by atomic mass is 16.5. The third-order valence-corrected chi connectivity index (χ3v) is 3.04. The smallest absolute Gasteiger partial charge is 0.356 e. The van der Waals surface area contributed by atoms with Gasteiger partial charge >= 0.3 is 5.97 Å². The second-order valence-electron chi connectivity index (χ2n) is 4.15. The van der Waals surface area contributed by atoms with Crippen LogP contribution in [0.5, 0.6) is 0 Å². The molecule has 0 atom stereocenters. The molecule has 0 aliphatic carbocycles. The van der Waals surface area contributed by atoms with Gasteiger partial charge in [-0.25, -0.2) is 9.78 Å². The molecule has 1 N–H and O–H groups in total. The van der Waals surface area contributed by atoms with Crippen molar-refractivity contribution in [3.8, 4) is 0 Å². The number of carbonyl (C=O) groups excluding carboxylic acids is 2. The Bertz CT molecular complexity index is 805. The predicted octanol–water partition coefficient (Wildman–Crippen LogP) is 2.32. The number of rotatable bonds is 2. The number of ether oxygens (including phenoxy) is 1. The monoisotopic (exact) mass is 254 g/mol. The van der Waals surface area contributed by atoms with Gasteiger partial charge in [0.15, 0.2) is 0 Å². The number of methoxy groups -OCH3 is 1. The van der Waals surface area contributed by atoms with Crippen LogP contribution < -0.4 is 0 Å². The number of aromatic nitrogens is 2. The largest absolute Gasteiger partial charge is 0.464 e. The van der Waals surface area contributed by atoms with Crippen molar-refractivity contribution in [2.45, 2.75) is 0 Å². The number of hydrogen-bond donors (Lipinski definition) is 1. The van der Waals surface area contributed by atoms with Crippen LogP contribution in [0.3, 0.4) is 0 Å². The number of benzene rings is 1. The van der Waals surface area contributed by atoms with E-state index in [2.05, 4.69) is 14.7 Å². The molecule has 0 fully saturated rings. The minimum Gasteiger partial charge on any atom is -0.464 e. The molecule has 19 heavy (non-hydrogen) atoms. The number of hydrogen-bond acceptors (Lipinski definition) is 4. The molecule has 0 aliphatic heterocycles. The normalized spacial score (nSPS) is 10.8. The maximum absolute atomic E-state index is 11.5. The Morgan fingerprint density at radius 1 is 1.26 bits per heavy atom. The molecule has 3 rings (SSSR count).